The largest absolute Gasteiger partial charge is 0.497 e. The molecule has 0 bridgehead atoms. The molecule has 6 heteroatoms. The number of rotatable bonds is 5. The molecule has 0 saturated carbocycles. The third kappa shape index (κ3) is 3.66. The van der Waals surface area contributed by atoms with Crippen molar-refractivity contribution in [3.63, 3.8) is 0 Å². The van der Waals surface area contributed by atoms with Crippen LogP contribution in [0.4, 0.5) is 5.82 Å². The van der Waals surface area contributed by atoms with Crippen molar-refractivity contribution in [1.29, 1.82) is 0 Å². The molecule has 0 spiro atoms. The first-order valence-electron chi connectivity index (χ1n) is 8.85. The van der Waals surface area contributed by atoms with Crippen LogP contribution in [0.1, 0.15) is 0 Å². The van der Waals surface area contributed by atoms with Crippen LogP contribution in [0.5, 0.6) is 5.75 Å². The molecule has 3 heterocycles. The second-order valence-electron chi connectivity index (χ2n) is 6.12. The van der Waals surface area contributed by atoms with E-state index in [1.54, 1.807) is 19.5 Å². The van der Waals surface area contributed by atoms with Gasteiger partial charge in [0.2, 0.25) is 0 Å². The van der Waals surface area contributed by atoms with E-state index >= 15 is 0 Å². The molecule has 1 N–H and O–H groups in total. The van der Waals surface area contributed by atoms with E-state index < -0.39 is 0 Å². The minimum Gasteiger partial charge on any atom is -0.497 e. The molecule has 0 aliphatic rings. The van der Waals surface area contributed by atoms with E-state index in [2.05, 4.69) is 26.3 Å². The predicted molar refractivity (Wildman–Crippen MR) is 110 cm³/mol. The number of nitrogens with zero attached hydrogens (tertiary/aromatic N) is 4. The summed E-state index contributed by atoms with van der Waals surface area (Å²) in [4.78, 5) is 18.0. The van der Waals surface area contributed by atoms with Gasteiger partial charge in [0, 0.05) is 42.8 Å². The summed E-state index contributed by atoms with van der Waals surface area (Å²) < 4.78 is 5.33. The number of nitrogens with one attached hydrogen (secondary N) is 1. The number of ether oxygens (including phenoxy) is 1. The van der Waals surface area contributed by atoms with Crippen molar-refractivity contribution in [2.24, 2.45) is 0 Å². The zero-order valence-corrected chi connectivity index (χ0v) is 15.6. The summed E-state index contributed by atoms with van der Waals surface area (Å²) in [7, 11) is 3.49. The number of methoxy groups -OCH3 is 1. The zero-order valence-electron chi connectivity index (χ0n) is 15.6. The molecule has 4 aromatic rings. The van der Waals surface area contributed by atoms with Gasteiger partial charge in [0.15, 0.2) is 5.82 Å². The van der Waals surface area contributed by atoms with Gasteiger partial charge in [0.25, 0.3) is 0 Å². The Bertz CT molecular complexity index is 1100. The monoisotopic (exact) mass is 369 g/mol. The predicted octanol–water partition coefficient (Wildman–Crippen LogP) is 4.32. The minimum atomic E-state index is 0.564. The topological polar surface area (TPSA) is 72.8 Å². The number of aromatic nitrogens is 4. The highest BCUT2D eigenvalue weighted by atomic mass is 16.5. The molecule has 0 saturated heterocycles. The molecule has 28 heavy (non-hydrogen) atoms. The average Bonchev–Trinajstić information content (AvgIpc) is 2.79. The van der Waals surface area contributed by atoms with E-state index in [1.807, 2.05) is 61.8 Å². The van der Waals surface area contributed by atoms with Crippen molar-refractivity contribution < 1.29 is 4.74 Å². The fraction of sp³-hybridized carbons (Fsp3) is 0.0909. The lowest BCUT2D eigenvalue weighted by Crippen LogP contribution is -2.00. The van der Waals surface area contributed by atoms with Crippen LogP contribution < -0.4 is 10.1 Å². The highest BCUT2D eigenvalue weighted by Gasteiger charge is 2.10. The Morgan fingerprint density at radius 2 is 1.71 bits per heavy atom. The number of benzene rings is 1. The smallest absolute Gasteiger partial charge is 0.180 e. The van der Waals surface area contributed by atoms with Crippen LogP contribution in [0.15, 0.2) is 73.2 Å². The Balaban J connectivity index is 1.79. The lowest BCUT2D eigenvalue weighted by atomic mass is 10.0. The van der Waals surface area contributed by atoms with Crippen molar-refractivity contribution in [3.8, 4) is 39.7 Å². The molecule has 4 rings (SSSR count). The lowest BCUT2D eigenvalue weighted by Gasteiger charge is -2.09. The first-order chi connectivity index (χ1) is 13.8. The maximum Gasteiger partial charge on any atom is 0.180 e. The summed E-state index contributed by atoms with van der Waals surface area (Å²) in [6.07, 6.45) is 5.36. The standard InChI is InChI=1S/C22H19N5O/c1-23-21-12-20(26-22(27-21)19-8-3-4-9-25-19)17-10-16(13-24-14-17)15-6-5-7-18(11-15)28-2/h3-14H,1-2H3,(H,23,26,27). The van der Waals surface area contributed by atoms with Gasteiger partial charge >= 0.3 is 0 Å². The number of hydrogen-bond acceptors (Lipinski definition) is 6. The van der Waals surface area contributed by atoms with Crippen LogP contribution in [-0.4, -0.2) is 34.1 Å². The minimum absolute atomic E-state index is 0.564. The Labute approximate surface area is 163 Å². The van der Waals surface area contributed by atoms with E-state index in [4.69, 9.17) is 9.72 Å². The Hall–Kier alpha value is -3.80. The van der Waals surface area contributed by atoms with Gasteiger partial charge in [0.1, 0.15) is 17.3 Å². The van der Waals surface area contributed by atoms with Crippen LogP contribution in [0, 0.1) is 0 Å². The molecule has 0 aliphatic carbocycles. The molecule has 138 valence electrons. The SMILES string of the molecule is CNc1cc(-c2cncc(-c3cccc(OC)c3)c2)nc(-c2ccccn2)n1. The molecular formula is C22H19N5O. The van der Waals surface area contributed by atoms with Crippen LogP contribution in [0.2, 0.25) is 0 Å². The summed E-state index contributed by atoms with van der Waals surface area (Å²) >= 11 is 0. The summed E-state index contributed by atoms with van der Waals surface area (Å²) in [5, 5.41) is 3.09. The van der Waals surface area contributed by atoms with Gasteiger partial charge in [-0.1, -0.05) is 18.2 Å². The summed E-state index contributed by atoms with van der Waals surface area (Å²) in [5.41, 5.74) is 4.41. The maximum atomic E-state index is 5.33. The molecule has 0 aliphatic heterocycles. The van der Waals surface area contributed by atoms with Gasteiger partial charge in [-0.3, -0.25) is 9.97 Å². The molecule has 0 radical (unpaired) electrons. The molecule has 1 aromatic carbocycles. The highest BCUT2D eigenvalue weighted by molar-refractivity contribution is 5.73. The van der Waals surface area contributed by atoms with E-state index in [1.165, 1.54) is 0 Å². The molecule has 0 amide bonds. The van der Waals surface area contributed by atoms with Crippen LogP contribution in [0.3, 0.4) is 0 Å². The van der Waals surface area contributed by atoms with Crippen LogP contribution in [0.25, 0.3) is 33.9 Å². The third-order valence-electron chi connectivity index (χ3n) is 4.31. The first-order valence-corrected chi connectivity index (χ1v) is 8.85. The second-order valence-corrected chi connectivity index (χ2v) is 6.12. The summed E-state index contributed by atoms with van der Waals surface area (Å²) in [5.74, 6) is 2.09. The fourth-order valence-corrected chi connectivity index (χ4v) is 2.87. The van der Waals surface area contributed by atoms with Gasteiger partial charge in [-0.05, 0) is 35.9 Å². The Morgan fingerprint density at radius 1 is 0.821 bits per heavy atom. The average molecular weight is 369 g/mol. The normalized spacial score (nSPS) is 10.5. The van der Waals surface area contributed by atoms with Crippen LogP contribution in [-0.2, 0) is 0 Å². The van der Waals surface area contributed by atoms with Crippen molar-refractivity contribution in [2.75, 3.05) is 19.5 Å². The van der Waals surface area contributed by atoms with Crippen LogP contribution >= 0.6 is 0 Å². The second kappa shape index (κ2) is 7.84. The molecule has 0 fully saturated rings. The molecule has 6 nitrogen and oxygen atoms in total. The number of hydrogen-bond donors (Lipinski definition) is 1. The van der Waals surface area contributed by atoms with E-state index in [0.29, 0.717) is 5.82 Å². The highest BCUT2D eigenvalue weighted by Crippen LogP contribution is 2.28. The Morgan fingerprint density at radius 3 is 2.50 bits per heavy atom. The van der Waals surface area contributed by atoms with Gasteiger partial charge in [-0.15, -0.1) is 0 Å². The third-order valence-corrected chi connectivity index (χ3v) is 4.31. The molecule has 0 atom stereocenters. The Kier molecular flexibility index (Phi) is 4.93. The number of pyridine rings is 2. The molecular weight excluding hydrogens is 350 g/mol. The van der Waals surface area contributed by atoms with Gasteiger partial charge in [-0.25, -0.2) is 9.97 Å². The van der Waals surface area contributed by atoms with E-state index in [-0.39, 0.29) is 0 Å². The summed E-state index contributed by atoms with van der Waals surface area (Å²) in [6, 6.07) is 17.5. The zero-order chi connectivity index (χ0) is 19.3. The maximum absolute atomic E-state index is 5.33. The van der Waals surface area contributed by atoms with Crippen molar-refractivity contribution in [3.05, 3.63) is 73.2 Å². The quantitative estimate of drug-likeness (QED) is 0.565. The van der Waals surface area contributed by atoms with Crippen molar-refractivity contribution in [1.82, 2.24) is 19.9 Å². The van der Waals surface area contributed by atoms with Crippen molar-refractivity contribution >= 4 is 5.82 Å². The van der Waals surface area contributed by atoms with E-state index in [0.717, 1.165) is 39.6 Å². The molecule has 3 aromatic heterocycles. The van der Waals surface area contributed by atoms with Crippen molar-refractivity contribution in [2.45, 2.75) is 0 Å². The van der Waals surface area contributed by atoms with Gasteiger partial charge in [0.05, 0.1) is 12.8 Å². The fourth-order valence-electron chi connectivity index (χ4n) is 2.87. The van der Waals surface area contributed by atoms with E-state index in [9.17, 15) is 0 Å². The van der Waals surface area contributed by atoms with Gasteiger partial charge in [-0.2, -0.15) is 0 Å². The lowest BCUT2D eigenvalue weighted by molar-refractivity contribution is 0.415. The van der Waals surface area contributed by atoms with Gasteiger partial charge < -0.3 is 10.1 Å². The number of anilines is 1. The summed E-state index contributed by atoms with van der Waals surface area (Å²) in [6.45, 7) is 0. The molecule has 0 unspecified atom stereocenters. The first kappa shape index (κ1) is 17.6.